The standard InChI is InChI=1S/C11H12FNO3S2/c12-9-3-1-8(2-4-9)10(14)7-18(15,16)6-5-11(13)17/h1-4H,5-7H2,(H2,13,17). The van der Waals surface area contributed by atoms with E-state index < -0.39 is 27.2 Å². The Bertz CT molecular complexity index is 552. The summed E-state index contributed by atoms with van der Waals surface area (Å²) in [6, 6.07) is 4.71. The normalized spacial score (nSPS) is 11.2. The first-order valence-electron chi connectivity index (χ1n) is 5.08. The van der Waals surface area contributed by atoms with E-state index in [2.05, 4.69) is 12.2 Å². The fourth-order valence-corrected chi connectivity index (χ4v) is 2.72. The van der Waals surface area contributed by atoms with Gasteiger partial charge in [-0.15, -0.1) is 0 Å². The molecule has 1 aromatic carbocycles. The number of rotatable bonds is 6. The molecular formula is C11H12FNO3S2. The molecule has 0 aliphatic heterocycles. The summed E-state index contributed by atoms with van der Waals surface area (Å²) in [4.78, 5) is 11.7. The fourth-order valence-electron chi connectivity index (χ4n) is 1.25. The molecule has 0 fully saturated rings. The zero-order chi connectivity index (χ0) is 13.8. The highest BCUT2D eigenvalue weighted by atomic mass is 32.2. The molecule has 0 heterocycles. The average molecular weight is 289 g/mol. The van der Waals surface area contributed by atoms with Crippen molar-refractivity contribution < 1.29 is 17.6 Å². The predicted octanol–water partition coefficient (Wildman–Crippen LogP) is 1.10. The van der Waals surface area contributed by atoms with Crippen molar-refractivity contribution in [1.29, 1.82) is 0 Å². The Labute approximate surface area is 110 Å². The van der Waals surface area contributed by atoms with Crippen molar-refractivity contribution in [1.82, 2.24) is 0 Å². The van der Waals surface area contributed by atoms with Crippen molar-refractivity contribution in [2.24, 2.45) is 5.73 Å². The highest BCUT2D eigenvalue weighted by Crippen LogP contribution is 2.06. The van der Waals surface area contributed by atoms with Crippen molar-refractivity contribution in [2.45, 2.75) is 6.42 Å². The van der Waals surface area contributed by atoms with Gasteiger partial charge in [-0.1, -0.05) is 12.2 Å². The van der Waals surface area contributed by atoms with Gasteiger partial charge in [0.05, 0.1) is 10.7 Å². The van der Waals surface area contributed by atoms with Gasteiger partial charge in [0.2, 0.25) is 0 Å². The summed E-state index contributed by atoms with van der Waals surface area (Å²) in [7, 11) is -3.54. The van der Waals surface area contributed by atoms with E-state index in [-0.39, 0.29) is 22.7 Å². The second-order valence-electron chi connectivity index (χ2n) is 3.74. The molecule has 0 aliphatic rings. The minimum atomic E-state index is -3.54. The Morgan fingerprint density at radius 3 is 2.33 bits per heavy atom. The second kappa shape index (κ2) is 6.01. The zero-order valence-corrected chi connectivity index (χ0v) is 11.1. The van der Waals surface area contributed by atoms with Crippen LogP contribution in [0, 0.1) is 5.82 Å². The van der Waals surface area contributed by atoms with Gasteiger partial charge in [-0.2, -0.15) is 0 Å². The highest BCUT2D eigenvalue weighted by molar-refractivity contribution is 7.92. The van der Waals surface area contributed by atoms with Gasteiger partial charge in [-0.05, 0) is 24.3 Å². The third-order valence-electron chi connectivity index (χ3n) is 2.18. The Kier molecular flexibility index (Phi) is 4.92. The number of thiocarbonyl (C=S) groups is 1. The van der Waals surface area contributed by atoms with E-state index in [1.807, 2.05) is 0 Å². The number of Topliss-reactive ketones (excluding diaryl/α,β-unsaturated/α-hetero) is 1. The quantitative estimate of drug-likeness (QED) is 0.627. The van der Waals surface area contributed by atoms with Crippen molar-refractivity contribution in [3.8, 4) is 0 Å². The maximum Gasteiger partial charge on any atom is 0.177 e. The van der Waals surface area contributed by atoms with Gasteiger partial charge in [0.15, 0.2) is 15.6 Å². The summed E-state index contributed by atoms with van der Waals surface area (Å²) in [5, 5.41) is 0. The van der Waals surface area contributed by atoms with E-state index in [9.17, 15) is 17.6 Å². The lowest BCUT2D eigenvalue weighted by Crippen LogP contribution is -2.22. The summed E-state index contributed by atoms with van der Waals surface area (Å²) < 4.78 is 35.8. The minimum Gasteiger partial charge on any atom is -0.393 e. The Balaban J connectivity index is 2.69. The summed E-state index contributed by atoms with van der Waals surface area (Å²) in [5.41, 5.74) is 5.36. The number of benzene rings is 1. The van der Waals surface area contributed by atoms with Gasteiger partial charge in [0.25, 0.3) is 0 Å². The highest BCUT2D eigenvalue weighted by Gasteiger charge is 2.18. The molecule has 18 heavy (non-hydrogen) atoms. The van der Waals surface area contributed by atoms with E-state index in [0.717, 1.165) is 12.1 Å². The van der Waals surface area contributed by atoms with Crippen LogP contribution in [0.25, 0.3) is 0 Å². The molecule has 7 heteroatoms. The van der Waals surface area contributed by atoms with Gasteiger partial charge in [-0.3, -0.25) is 4.79 Å². The molecule has 0 amide bonds. The zero-order valence-electron chi connectivity index (χ0n) is 9.43. The molecule has 0 saturated heterocycles. The Morgan fingerprint density at radius 1 is 1.28 bits per heavy atom. The molecule has 2 N–H and O–H groups in total. The van der Waals surface area contributed by atoms with Gasteiger partial charge in [0, 0.05) is 12.0 Å². The molecule has 0 atom stereocenters. The van der Waals surface area contributed by atoms with Crippen LogP contribution in [0.2, 0.25) is 0 Å². The number of nitrogens with two attached hydrogens (primary N) is 1. The smallest absolute Gasteiger partial charge is 0.177 e. The molecule has 4 nitrogen and oxygen atoms in total. The first-order chi connectivity index (χ1) is 8.30. The molecule has 1 rings (SSSR count). The second-order valence-corrected chi connectivity index (χ2v) is 6.45. The summed E-state index contributed by atoms with van der Waals surface area (Å²) in [6.45, 7) is 0. The summed E-state index contributed by atoms with van der Waals surface area (Å²) in [5.74, 6) is -1.93. The molecular weight excluding hydrogens is 277 g/mol. The van der Waals surface area contributed by atoms with Crippen LogP contribution in [0.3, 0.4) is 0 Å². The van der Waals surface area contributed by atoms with Crippen LogP contribution < -0.4 is 5.73 Å². The molecule has 0 bridgehead atoms. The topological polar surface area (TPSA) is 77.2 Å². The first-order valence-corrected chi connectivity index (χ1v) is 7.30. The van der Waals surface area contributed by atoms with E-state index in [1.165, 1.54) is 12.1 Å². The van der Waals surface area contributed by atoms with Gasteiger partial charge < -0.3 is 5.73 Å². The molecule has 98 valence electrons. The van der Waals surface area contributed by atoms with E-state index in [1.54, 1.807) is 0 Å². The third kappa shape index (κ3) is 4.89. The van der Waals surface area contributed by atoms with Crippen LogP contribution in [0.1, 0.15) is 16.8 Å². The van der Waals surface area contributed by atoms with Gasteiger partial charge in [0.1, 0.15) is 11.6 Å². The number of hydrogen-bond acceptors (Lipinski definition) is 4. The average Bonchev–Trinajstić information content (AvgIpc) is 2.27. The SMILES string of the molecule is NC(=S)CCS(=O)(=O)CC(=O)c1ccc(F)cc1. The number of hydrogen-bond donors (Lipinski definition) is 1. The molecule has 0 spiro atoms. The Morgan fingerprint density at radius 2 is 1.83 bits per heavy atom. The maximum atomic E-state index is 12.6. The van der Waals surface area contributed by atoms with Crippen molar-refractivity contribution in [3.05, 3.63) is 35.6 Å². The summed E-state index contributed by atoms with van der Waals surface area (Å²) >= 11 is 4.57. The molecule has 0 saturated carbocycles. The molecule has 1 aromatic rings. The van der Waals surface area contributed by atoms with E-state index in [0.29, 0.717) is 0 Å². The number of ketones is 1. The third-order valence-corrected chi connectivity index (χ3v) is 3.91. The van der Waals surface area contributed by atoms with Crippen molar-refractivity contribution in [3.63, 3.8) is 0 Å². The van der Waals surface area contributed by atoms with Crippen molar-refractivity contribution in [2.75, 3.05) is 11.5 Å². The number of sulfone groups is 1. The molecule has 0 aliphatic carbocycles. The van der Waals surface area contributed by atoms with Crippen LogP contribution in [0.15, 0.2) is 24.3 Å². The monoisotopic (exact) mass is 289 g/mol. The fraction of sp³-hybridized carbons (Fsp3) is 0.273. The van der Waals surface area contributed by atoms with Crippen molar-refractivity contribution >= 4 is 32.8 Å². The largest absolute Gasteiger partial charge is 0.393 e. The van der Waals surface area contributed by atoms with Gasteiger partial charge in [-0.25, -0.2) is 12.8 Å². The number of halogens is 1. The lowest BCUT2D eigenvalue weighted by Gasteiger charge is -2.03. The summed E-state index contributed by atoms with van der Waals surface area (Å²) in [6.07, 6.45) is 0.0500. The minimum absolute atomic E-state index is 0.0500. The molecule has 0 radical (unpaired) electrons. The predicted molar refractivity (Wildman–Crippen MR) is 70.8 cm³/mol. The van der Waals surface area contributed by atoms with Crippen LogP contribution in [-0.2, 0) is 9.84 Å². The molecule has 0 unspecified atom stereocenters. The lowest BCUT2D eigenvalue weighted by atomic mass is 10.1. The molecule has 0 aromatic heterocycles. The van der Waals surface area contributed by atoms with Crippen LogP contribution >= 0.6 is 12.2 Å². The van der Waals surface area contributed by atoms with E-state index in [4.69, 9.17) is 5.73 Å². The van der Waals surface area contributed by atoms with Crippen LogP contribution in [0.5, 0.6) is 0 Å². The number of carbonyl (C=O) groups is 1. The number of carbonyl (C=O) groups excluding carboxylic acids is 1. The first kappa shape index (κ1) is 14.7. The Hall–Kier alpha value is -1.34. The van der Waals surface area contributed by atoms with Crippen LogP contribution in [-0.4, -0.2) is 30.7 Å². The maximum absolute atomic E-state index is 12.6. The van der Waals surface area contributed by atoms with E-state index >= 15 is 0 Å². The lowest BCUT2D eigenvalue weighted by molar-refractivity contribution is 0.102. The van der Waals surface area contributed by atoms with Gasteiger partial charge >= 0.3 is 0 Å². The van der Waals surface area contributed by atoms with Crippen LogP contribution in [0.4, 0.5) is 4.39 Å².